The molecule has 0 radical (unpaired) electrons. The van der Waals surface area contributed by atoms with E-state index in [4.69, 9.17) is 11.6 Å². The van der Waals surface area contributed by atoms with Gasteiger partial charge in [0.2, 0.25) is 5.91 Å². The molecule has 8 heteroatoms. The SMILES string of the molecule is CC(C)(CCl)C(=O)N1CCc2c(sc3ncn(Cc4cccnc4)c(=O)c23)C1. The van der Waals surface area contributed by atoms with Crippen LogP contribution in [-0.4, -0.2) is 37.8 Å². The van der Waals surface area contributed by atoms with Gasteiger partial charge in [0.25, 0.3) is 5.56 Å². The van der Waals surface area contributed by atoms with Crippen LogP contribution in [0.5, 0.6) is 0 Å². The summed E-state index contributed by atoms with van der Waals surface area (Å²) < 4.78 is 1.63. The smallest absolute Gasteiger partial charge is 0.262 e. The van der Waals surface area contributed by atoms with Crippen LogP contribution in [0.15, 0.2) is 35.6 Å². The van der Waals surface area contributed by atoms with Gasteiger partial charge in [-0.05, 0) is 37.5 Å². The summed E-state index contributed by atoms with van der Waals surface area (Å²) in [4.78, 5) is 38.1. The quantitative estimate of drug-likeness (QED) is 0.613. The Kier molecular flexibility index (Phi) is 4.97. The van der Waals surface area contributed by atoms with Crippen LogP contribution in [0, 0.1) is 5.41 Å². The van der Waals surface area contributed by atoms with E-state index in [9.17, 15) is 9.59 Å². The van der Waals surface area contributed by atoms with Crippen LogP contribution in [-0.2, 0) is 24.3 Å². The fraction of sp³-hybridized carbons (Fsp3) is 0.400. The van der Waals surface area contributed by atoms with E-state index in [0.717, 1.165) is 20.8 Å². The Morgan fingerprint density at radius 3 is 2.93 bits per heavy atom. The topological polar surface area (TPSA) is 68.1 Å². The second-order valence-corrected chi connectivity index (χ2v) is 9.07. The summed E-state index contributed by atoms with van der Waals surface area (Å²) in [5, 5.41) is 0.690. The van der Waals surface area contributed by atoms with Gasteiger partial charge in [-0.1, -0.05) is 6.07 Å². The first-order chi connectivity index (χ1) is 13.4. The first-order valence-corrected chi connectivity index (χ1v) is 10.5. The number of hydrogen-bond acceptors (Lipinski definition) is 5. The zero-order valence-corrected chi connectivity index (χ0v) is 17.4. The molecule has 6 nitrogen and oxygen atoms in total. The lowest BCUT2D eigenvalue weighted by molar-refractivity contribution is -0.140. The molecule has 4 rings (SSSR count). The van der Waals surface area contributed by atoms with E-state index in [-0.39, 0.29) is 17.3 Å². The number of halogens is 1. The van der Waals surface area contributed by atoms with Crippen molar-refractivity contribution >= 4 is 39.1 Å². The predicted octanol–water partition coefficient (Wildman–Crippen LogP) is 3.05. The van der Waals surface area contributed by atoms with Crippen molar-refractivity contribution in [1.29, 1.82) is 0 Å². The van der Waals surface area contributed by atoms with Crippen LogP contribution in [0.2, 0.25) is 0 Å². The van der Waals surface area contributed by atoms with E-state index in [1.54, 1.807) is 23.3 Å². The third kappa shape index (κ3) is 3.33. The summed E-state index contributed by atoms with van der Waals surface area (Å²) in [5.74, 6) is 0.329. The third-order valence-electron chi connectivity index (χ3n) is 5.10. The van der Waals surface area contributed by atoms with E-state index in [1.165, 1.54) is 11.3 Å². The number of carbonyl (C=O) groups is 1. The lowest BCUT2D eigenvalue weighted by atomic mass is 9.93. The number of amides is 1. The van der Waals surface area contributed by atoms with Gasteiger partial charge >= 0.3 is 0 Å². The molecule has 0 unspecified atom stereocenters. The highest BCUT2D eigenvalue weighted by molar-refractivity contribution is 7.18. The molecule has 0 N–H and O–H groups in total. The zero-order valence-electron chi connectivity index (χ0n) is 15.8. The molecule has 0 saturated carbocycles. The average Bonchev–Trinajstić information content (AvgIpc) is 3.08. The van der Waals surface area contributed by atoms with Crippen molar-refractivity contribution in [3.05, 3.63) is 57.2 Å². The summed E-state index contributed by atoms with van der Waals surface area (Å²) in [6.45, 7) is 5.27. The van der Waals surface area contributed by atoms with E-state index in [1.807, 2.05) is 30.9 Å². The first-order valence-electron chi connectivity index (χ1n) is 9.14. The monoisotopic (exact) mass is 416 g/mol. The zero-order chi connectivity index (χ0) is 19.9. The summed E-state index contributed by atoms with van der Waals surface area (Å²) >= 11 is 7.48. The number of thiophene rings is 1. The number of alkyl halides is 1. The van der Waals surface area contributed by atoms with Crippen molar-refractivity contribution < 1.29 is 4.79 Å². The van der Waals surface area contributed by atoms with Crippen LogP contribution >= 0.6 is 22.9 Å². The lowest BCUT2D eigenvalue weighted by Gasteiger charge is -2.33. The lowest BCUT2D eigenvalue weighted by Crippen LogP contribution is -2.44. The van der Waals surface area contributed by atoms with Crippen molar-refractivity contribution in [1.82, 2.24) is 19.4 Å². The Morgan fingerprint density at radius 2 is 2.21 bits per heavy atom. The molecule has 0 saturated heterocycles. The predicted molar refractivity (Wildman–Crippen MR) is 111 cm³/mol. The van der Waals surface area contributed by atoms with Crippen molar-refractivity contribution in [2.24, 2.45) is 5.41 Å². The largest absolute Gasteiger partial charge is 0.337 e. The van der Waals surface area contributed by atoms with Crippen LogP contribution in [0.25, 0.3) is 10.2 Å². The van der Waals surface area contributed by atoms with E-state index in [0.29, 0.717) is 31.4 Å². The Balaban J connectivity index is 1.68. The Morgan fingerprint density at radius 1 is 1.39 bits per heavy atom. The molecule has 0 bridgehead atoms. The second kappa shape index (κ2) is 7.29. The van der Waals surface area contributed by atoms with Gasteiger partial charge in [-0.25, -0.2) is 4.98 Å². The van der Waals surface area contributed by atoms with Gasteiger partial charge in [0.05, 0.1) is 30.2 Å². The summed E-state index contributed by atoms with van der Waals surface area (Å²) in [6, 6.07) is 3.79. The molecule has 146 valence electrons. The normalized spacial score (nSPS) is 14.3. The molecule has 4 heterocycles. The van der Waals surface area contributed by atoms with Gasteiger partial charge in [0.15, 0.2) is 0 Å². The van der Waals surface area contributed by atoms with E-state index >= 15 is 0 Å². The highest BCUT2D eigenvalue weighted by Gasteiger charge is 2.34. The third-order valence-corrected chi connectivity index (χ3v) is 6.90. The second-order valence-electron chi connectivity index (χ2n) is 7.72. The summed E-state index contributed by atoms with van der Waals surface area (Å²) in [7, 11) is 0. The molecule has 1 aliphatic rings. The molecule has 0 fully saturated rings. The average molecular weight is 417 g/mol. The van der Waals surface area contributed by atoms with Gasteiger partial charge in [0.1, 0.15) is 4.83 Å². The minimum absolute atomic E-state index is 0.0350. The maximum absolute atomic E-state index is 13.1. The fourth-order valence-electron chi connectivity index (χ4n) is 3.48. The van der Waals surface area contributed by atoms with Gasteiger partial charge in [-0.3, -0.25) is 19.1 Å². The molecule has 1 amide bonds. The van der Waals surface area contributed by atoms with Crippen molar-refractivity contribution in [3.63, 3.8) is 0 Å². The minimum Gasteiger partial charge on any atom is -0.337 e. The number of fused-ring (bicyclic) bond motifs is 3. The Hall–Kier alpha value is -2.25. The number of pyridine rings is 1. The standard InChI is InChI=1S/C20H21ClN4O2S/c1-20(2,11-21)19(27)24-7-5-14-15(10-24)28-17-16(14)18(26)25(12-23-17)9-13-4-3-6-22-8-13/h3-4,6,8,12H,5,7,9-11H2,1-2H3. The maximum Gasteiger partial charge on any atom is 0.262 e. The fourth-order valence-corrected chi connectivity index (χ4v) is 4.79. The summed E-state index contributed by atoms with van der Waals surface area (Å²) in [6.07, 6.45) is 5.72. The first kappa shape index (κ1) is 19.1. The highest BCUT2D eigenvalue weighted by atomic mass is 35.5. The number of rotatable bonds is 4. The number of hydrogen-bond donors (Lipinski definition) is 0. The Labute approximate surface area is 171 Å². The van der Waals surface area contributed by atoms with E-state index < -0.39 is 5.41 Å². The molecule has 0 atom stereocenters. The molecular formula is C20H21ClN4O2S. The van der Waals surface area contributed by atoms with Gasteiger partial charge in [0, 0.05) is 29.7 Å². The number of nitrogens with zero attached hydrogens (tertiary/aromatic N) is 4. The van der Waals surface area contributed by atoms with Gasteiger partial charge < -0.3 is 4.90 Å². The van der Waals surface area contributed by atoms with Crippen LogP contribution in [0.4, 0.5) is 0 Å². The summed E-state index contributed by atoms with van der Waals surface area (Å²) in [5.41, 5.74) is 1.36. The maximum atomic E-state index is 13.1. The minimum atomic E-state index is -0.593. The number of carbonyl (C=O) groups excluding carboxylic acids is 1. The van der Waals surface area contributed by atoms with E-state index in [2.05, 4.69) is 9.97 Å². The van der Waals surface area contributed by atoms with Crippen LogP contribution in [0.1, 0.15) is 29.9 Å². The molecular weight excluding hydrogens is 396 g/mol. The molecule has 0 spiro atoms. The van der Waals surface area contributed by atoms with Gasteiger partial charge in [-0.2, -0.15) is 0 Å². The van der Waals surface area contributed by atoms with Crippen LogP contribution < -0.4 is 5.56 Å². The Bertz CT molecular complexity index is 1090. The molecule has 0 aromatic carbocycles. The highest BCUT2D eigenvalue weighted by Crippen LogP contribution is 2.34. The van der Waals surface area contributed by atoms with Gasteiger partial charge in [-0.15, -0.1) is 22.9 Å². The molecule has 1 aliphatic heterocycles. The molecule has 28 heavy (non-hydrogen) atoms. The van der Waals surface area contributed by atoms with Crippen molar-refractivity contribution in [3.8, 4) is 0 Å². The van der Waals surface area contributed by atoms with Crippen molar-refractivity contribution in [2.45, 2.75) is 33.4 Å². The molecule has 3 aromatic heterocycles. The number of aromatic nitrogens is 3. The molecule has 0 aliphatic carbocycles. The molecule has 3 aromatic rings. The van der Waals surface area contributed by atoms with Crippen molar-refractivity contribution in [2.75, 3.05) is 12.4 Å². The van der Waals surface area contributed by atoms with Crippen LogP contribution in [0.3, 0.4) is 0 Å².